The number of rotatable bonds is 9. The zero-order valence-electron chi connectivity index (χ0n) is 21.6. The highest BCUT2D eigenvalue weighted by Crippen LogP contribution is 2.46. The highest BCUT2D eigenvalue weighted by atomic mass is 16.4. The van der Waals surface area contributed by atoms with E-state index in [9.17, 15) is 14.7 Å². The Morgan fingerprint density at radius 2 is 1.32 bits per heavy atom. The van der Waals surface area contributed by atoms with Gasteiger partial charge in [-0.25, -0.2) is 4.79 Å². The van der Waals surface area contributed by atoms with Crippen LogP contribution in [0.2, 0.25) is 0 Å². The van der Waals surface area contributed by atoms with Gasteiger partial charge < -0.3 is 10.2 Å². The molecule has 0 bridgehead atoms. The predicted molar refractivity (Wildman–Crippen MR) is 141 cm³/mol. The highest BCUT2D eigenvalue weighted by Gasteiger charge is 2.50. The van der Waals surface area contributed by atoms with Gasteiger partial charge >= 0.3 is 5.97 Å². The molecular formula is C30H40O4. The third-order valence-corrected chi connectivity index (χ3v) is 6.20. The number of hydrogen-bond acceptors (Lipinski definition) is 3. The first-order valence-electron chi connectivity index (χ1n) is 11.7. The minimum Gasteiger partial charge on any atom is -0.478 e. The lowest BCUT2D eigenvalue weighted by Crippen LogP contribution is -2.53. The molecule has 1 aliphatic carbocycles. The number of carboxylic acids is 1. The highest BCUT2D eigenvalue weighted by molar-refractivity contribution is 5.86. The predicted octanol–water partition coefficient (Wildman–Crippen LogP) is 6.84. The molecule has 2 atom stereocenters. The average Bonchev–Trinajstić information content (AvgIpc) is 2.73. The summed E-state index contributed by atoms with van der Waals surface area (Å²) in [6, 6.07) is 0. The Labute approximate surface area is 205 Å². The number of carbonyl (C=O) groups excluding carboxylic acids is 1. The second kappa shape index (κ2) is 13.0. The third-order valence-electron chi connectivity index (χ3n) is 6.20. The lowest BCUT2D eigenvalue weighted by atomic mass is 9.60. The van der Waals surface area contributed by atoms with E-state index < -0.39 is 17.0 Å². The van der Waals surface area contributed by atoms with Crippen LogP contribution in [0.3, 0.4) is 0 Å². The van der Waals surface area contributed by atoms with Gasteiger partial charge in [0.1, 0.15) is 5.78 Å². The van der Waals surface area contributed by atoms with Crippen LogP contribution in [0.5, 0.6) is 0 Å². The van der Waals surface area contributed by atoms with Crippen LogP contribution in [0.1, 0.15) is 61.3 Å². The van der Waals surface area contributed by atoms with Crippen molar-refractivity contribution in [3.8, 4) is 0 Å². The van der Waals surface area contributed by atoms with Crippen molar-refractivity contribution in [2.75, 3.05) is 0 Å². The lowest BCUT2D eigenvalue weighted by molar-refractivity contribution is -0.142. The van der Waals surface area contributed by atoms with E-state index in [-0.39, 0.29) is 11.7 Å². The topological polar surface area (TPSA) is 74.6 Å². The van der Waals surface area contributed by atoms with E-state index in [2.05, 4.69) is 0 Å². The number of aliphatic hydroxyl groups is 1. The zero-order chi connectivity index (χ0) is 25.9. The van der Waals surface area contributed by atoms with Gasteiger partial charge in [-0.15, -0.1) is 0 Å². The molecule has 0 aliphatic heterocycles. The Morgan fingerprint density at radius 3 is 1.82 bits per heavy atom. The molecule has 1 rings (SSSR count). The smallest absolute Gasteiger partial charge is 0.331 e. The molecule has 2 N–H and O–H groups in total. The van der Waals surface area contributed by atoms with Crippen molar-refractivity contribution >= 4 is 11.8 Å². The standard InChI is InChI=1S/C30H40O4/c1-22(12-8-9-13-23(2)16-11-17-25(4)28(32)33)14-10-15-24(3)18-19-30(34)26(5)20-27(31)21-29(30,6)7/h8-19,26,34H,20-21H2,1-7H3,(H,32,33)/b9-8+,14-10+,16-11+,19-18+,22-12+,23-13+,24-15+,25-17+/t26-,30+/m0/s1. The first-order valence-corrected chi connectivity index (χ1v) is 11.7. The minimum absolute atomic E-state index is 0.112. The van der Waals surface area contributed by atoms with Crippen LogP contribution in [0, 0.1) is 11.3 Å². The van der Waals surface area contributed by atoms with Crippen LogP contribution in [-0.2, 0) is 9.59 Å². The second-order valence-electron chi connectivity index (χ2n) is 9.85. The van der Waals surface area contributed by atoms with Gasteiger partial charge in [-0.05, 0) is 33.6 Å². The van der Waals surface area contributed by atoms with Crippen molar-refractivity contribution in [1.29, 1.82) is 0 Å². The number of Topliss-reactive ketones (excluding diaryl/α,β-unsaturated/α-hetero) is 1. The van der Waals surface area contributed by atoms with E-state index in [1.807, 2.05) is 102 Å². The van der Waals surface area contributed by atoms with Gasteiger partial charge in [0.05, 0.1) is 5.60 Å². The maximum Gasteiger partial charge on any atom is 0.331 e. The summed E-state index contributed by atoms with van der Waals surface area (Å²) < 4.78 is 0. The molecule has 1 saturated carbocycles. The van der Waals surface area contributed by atoms with Crippen molar-refractivity contribution in [2.24, 2.45) is 11.3 Å². The van der Waals surface area contributed by atoms with Gasteiger partial charge in [0.15, 0.2) is 0 Å². The van der Waals surface area contributed by atoms with E-state index in [0.717, 1.165) is 16.7 Å². The van der Waals surface area contributed by atoms with Gasteiger partial charge in [-0.1, -0.05) is 110 Å². The summed E-state index contributed by atoms with van der Waals surface area (Å²) in [5, 5.41) is 20.1. The average molecular weight is 465 g/mol. The summed E-state index contributed by atoms with van der Waals surface area (Å²) in [4.78, 5) is 22.7. The van der Waals surface area contributed by atoms with Gasteiger partial charge in [-0.3, -0.25) is 4.79 Å². The molecule has 0 unspecified atom stereocenters. The molecule has 1 fully saturated rings. The maximum atomic E-state index is 11.9. The van der Waals surface area contributed by atoms with E-state index in [0.29, 0.717) is 18.4 Å². The number of allylic oxidation sites excluding steroid dienone is 14. The molecule has 0 spiro atoms. The van der Waals surface area contributed by atoms with E-state index in [1.165, 1.54) is 0 Å². The molecule has 0 heterocycles. The van der Waals surface area contributed by atoms with Gasteiger partial charge in [0.2, 0.25) is 0 Å². The summed E-state index contributed by atoms with van der Waals surface area (Å²) in [7, 11) is 0. The molecule has 34 heavy (non-hydrogen) atoms. The molecule has 184 valence electrons. The Balaban J connectivity index is 2.72. The lowest BCUT2D eigenvalue weighted by Gasteiger charge is -2.48. The summed E-state index contributed by atoms with van der Waals surface area (Å²) in [6.45, 7) is 13.4. The van der Waals surface area contributed by atoms with Crippen LogP contribution in [0.4, 0.5) is 0 Å². The van der Waals surface area contributed by atoms with Crippen molar-refractivity contribution in [2.45, 2.75) is 66.9 Å². The quantitative estimate of drug-likeness (QED) is 0.289. The first-order chi connectivity index (χ1) is 15.8. The Morgan fingerprint density at radius 1 is 0.853 bits per heavy atom. The first kappa shape index (κ1) is 29.1. The molecule has 0 aromatic heterocycles. The minimum atomic E-state index is -1.01. The Kier molecular flexibility index (Phi) is 11.1. The van der Waals surface area contributed by atoms with Gasteiger partial charge in [0, 0.05) is 23.8 Å². The van der Waals surface area contributed by atoms with Crippen molar-refractivity contribution in [3.63, 3.8) is 0 Å². The van der Waals surface area contributed by atoms with E-state index in [4.69, 9.17) is 5.11 Å². The van der Waals surface area contributed by atoms with Crippen LogP contribution >= 0.6 is 0 Å². The van der Waals surface area contributed by atoms with Crippen molar-refractivity contribution < 1.29 is 19.8 Å². The SMILES string of the molecule is CC(/C=C/C=C(C)/C=C/[C@@]1(O)[C@@H](C)CC(=O)CC1(C)C)=C\C=C\C=C(C)\C=C\C=C(/C)C(=O)O. The summed E-state index contributed by atoms with van der Waals surface area (Å²) in [6.07, 6.45) is 23.6. The maximum absolute atomic E-state index is 11.9. The van der Waals surface area contributed by atoms with Crippen LogP contribution < -0.4 is 0 Å². The molecule has 0 amide bonds. The molecular weight excluding hydrogens is 424 g/mol. The van der Waals surface area contributed by atoms with Crippen LogP contribution in [0.25, 0.3) is 0 Å². The second-order valence-corrected chi connectivity index (χ2v) is 9.85. The van der Waals surface area contributed by atoms with Crippen LogP contribution in [0.15, 0.2) is 95.2 Å². The van der Waals surface area contributed by atoms with E-state index >= 15 is 0 Å². The van der Waals surface area contributed by atoms with Crippen molar-refractivity contribution in [1.82, 2.24) is 0 Å². The molecule has 1 aliphatic rings. The summed E-state index contributed by atoms with van der Waals surface area (Å²) in [5.41, 5.74) is 1.92. The zero-order valence-corrected chi connectivity index (χ0v) is 21.6. The molecule has 4 heteroatoms. The molecule has 0 aromatic rings. The summed E-state index contributed by atoms with van der Waals surface area (Å²) in [5.74, 6) is -0.815. The number of aliphatic carboxylic acids is 1. The Hall–Kier alpha value is -2.98. The number of hydrogen-bond donors (Lipinski definition) is 2. The molecule has 4 nitrogen and oxygen atoms in total. The molecule has 0 radical (unpaired) electrons. The number of carboxylic acid groups (broad SMARTS) is 1. The number of ketones is 1. The fourth-order valence-electron chi connectivity index (χ4n) is 3.87. The van der Waals surface area contributed by atoms with E-state index in [1.54, 1.807) is 19.1 Å². The summed E-state index contributed by atoms with van der Waals surface area (Å²) >= 11 is 0. The normalized spacial score (nSPS) is 25.4. The van der Waals surface area contributed by atoms with Gasteiger partial charge in [0.25, 0.3) is 0 Å². The monoisotopic (exact) mass is 464 g/mol. The fraction of sp³-hybridized carbons (Fsp3) is 0.400. The number of carbonyl (C=O) groups is 2. The molecule has 0 saturated heterocycles. The fourth-order valence-corrected chi connectivity index (χ4v) is 3.87. The largest absolute Gasteiger partial charge is 0.478 e. The Bertz CT molecular complexity index is 993. The van der Waals surface area contributed by atoms with Gasteiger partial charge in [-0.2, -0.15) is 0 Å². The van der Waals surface area contributed by atoms with Crippen LogP contribution in [-0.4, -0.2) is 27.6 Å². The van der Waals surface area contributed by atoms with Crippen molar-refractivity contribution in [3.05, 3.63) is 95.2 Å². The third kappa shape index (κ3) is 9.11. The molecule has 0 aromatic carbocycles.